The van der Waals surface area contributed by atoms with Crippen molar-refractivity contribution in [3.05, 3.63) is 10.0 Å². The van der Waals surface area contributed by atoms with Gasteiger partial charge in [-0.05, 0) is 6.92 Å². The van der Waals surface area contributed by atoms with Crippen molar-refractivity contribution in [2.45, 2.75) is 12.7 Å². The average Bonchev–Trinajstić information content (AvgIpc) is 2.10. The van der Waals surface area contributed by atoms with E-state index in [1.165, 1.54) is 17.6 Å². The Morgan fingerprint density at radius 2 is 2.09 bits per heavy atom. The highest BCUT2D eigenvalue weighted by atomic mass is 32.2. The zero-order chi connectivity index (χ0) is 8.48. The maximum absolute atomic E-state index is 10.7. The van der Waals surface area contributed by atoms with Crippen LogP contribution in [0.15, 0.2) is 0 Å². The maximum Gasteiger partial charge on any atom is 0.154 e. The molecule has 4 nitrogen and oxygen atoms in total. The second kappa shape index (κ2) is 2.86. The summed E-state index contributed by atoms with van der Waals surface area (Å²) in [6.45, 7) is 1.80. The van der Waals surface area contributed by atoms with Crippen LogP contribution in [0.25, 0.3) is 0 Å². The number of aromatic nitrogens is 2. The van der Waals surface area contributed by atoms with Crippen LogP contribution in [0, 0.1) is 6.92 Å². The first-order valence-corrected chi connectivity index (χ1v) is 5.82. The summed E-state index contributed by atoms with van der Waals surface area (Å²) < 4.78 is 21.5. The summed E-state index contributed by atoms with van der Waals surface area (Å²) in [5.74, 6) is -0.00148. The summed E-state index contributed by atoms with van der Waals surface area (Å²) >= 11 is 1.31. The minimum atomic E-state index is -2.96. The van der Waals surface area contributed by atoms with Crippen LogP contribution >= 0.6 is 11.3 Å². The van der Waals surface area contributed by atoms with Gasteiger partial charge in [-0.2, -0.15) is 0 Å². The van der Waals surface area contributed by atoms with Crippen molar-refractivity contribution in [1.82, 2.24) is 10.2 Å². The molecule has 0 bridgehead atoms. The number of hydrogen-bond donors (Lipinski definition) is 0. The SMILES string of the molecule is Cc1nnc(CS(C)(=O)=O)s1. The van der Waals surface area contributed by atoms with Crippen LogP contribution in [0.5, 0.6) is 0 Å². The molecule has 0 amide bonds. The minimum Gasteiger partial charge on any atom is -0.229 e. The summed E-state index contributed by atoms with van der Waals surface area (Å²) in [6.07, 6.45) is 1.18. The monoisotopic (exact) mass is 192 g/mol. The summed E-state index contributed by atoms with van der Waals surface area (Å²) in [5.41, 5.74) is 0. The van der Waals surface area contributed by atoms with E-state index >= 15 is 0 Å². The summed E-state index contributed by atoms with van der Waals surface area (Å²) in [4.78, 5) is 0. The van der Waals surface area contributed by atoms with E-state index < -0.39 is 9.84 Å². The Kier molecular flexibility index (Phi) is 2.24. The van der Waals surface area contributed by atoms with E-state index in [9.17, 15) is 8.42 Å². The molecule has 0 aromatic carbocycles. The van der Waals surface area contributed by atoms with Gasteiger partial charge < -0.3 is 0 Å². The highest BCUT2D eigenvalue weighted by Gasteiger charge is 2.07. The van der Waals surface area contributed by atoms with E-state index in [1.54, 1.807) is 6.92 Å². The van der Waals surface area contributed by atoms with Gasteiger partial charge in [0.05, 0.1) is 0 Å². The summed E-state index contributed by atoms with van der Waals surface area (Å²) in [5, 5.41) is 8.75. The second-order valence-electron chi connectivity index (χ2n) is 2.28. The van der Waals surface area contributed by atoms with Gasteiger partial charge in [0.25, 0.3) is 0 Å². The predicted molar refractivity (Wildman–Crippen MR) is 43.2 cm³/mol. The van der Waals surface area contributed by atoms with Crippen LogP contribution in [-0.4, -0.2) is 24.9 Å². The van der Waals surface area contributed by atoms with E-state index in [2.05, 4.69) is 10.2 Å². The molecule has 0 aliphatic carbocycles. The van der Waals surface area contributed by atoms with Crippen LogP contribution in [0.2, 0.25) is 0 Å². The molecule has 0 aliphatic rings. The molecule has 1 heterocycles. The molecular weight excluding hydrogens is 184 g/mol. The molecule has 11 heavy (non-hydrogen) atoms. The van der Waals surface area contributed by atoms with Gasteiger partial charge in [0, 0.05) is 6.26 Å². The number of sulfone groups is 1. The summed E-state index contributed by atoms with van der Waals surface area (Å²) in [7, 11) is -2.96. The van der Waals surface area contributed by atoms with E-state index in [0.29, 0.717) is 5.01 Å². The molecule has 0 spiro atoms. The van der Waals surface area contributed by atoms with Crippen molar-refractivity contribution >= 4 is 21.2 Å². The van der Waals surface area contributed by atoms with E-state index in [-0.39, 0.29) is 5.75 Å². The predicted octanol–water partition coefficient (Wildman–Crippen LogP) is 0.391. The van der Waals surface area contributed by atoms with Crippen molar-refractivity contribution in [2.75, 3.05) is 6.26 Å². The molecule has 1 aromatic heterocycles. The maximum atomic E-state index is 10.7. The largest absolute Gasteiger partial charge is 0.229 e. The Bertz CT molecular complexity index is 341. The normalized spacial score (nSPS) is 11.8. The zero-order valence-corrected chi connectivity index (χ0v) is 7.87. The van der Waals surface area contributed by atoms with Gasteiger partial charge in [-0.15, -0.1) is 21.5 Å². The van der Waals surface area contributed by atoms with Gasteiger partial charge in [0.15, 0.2) is 9.84 Å². The van der Waals surface area contributed by atoms with Gasteiger partial charge in [-0.25, -0.2) is 8.42 Å². The Balaban J connectivity index is 2.81. The second-order valence-corrected chi connectivity index (χ2v) is 5.69. The van der Waals surface area contributed by atoms with Crippen molar-refractivity contribution in [2.24, 2.45) is 0 Å². The van der Waals surface area contributed by atoms with Crippen LogP contribution in [-0.2, 0) is 15.6 Å². The standard InChI is InChI=1S/C5H8N2O2S2/c1-4-6-7-5(10-4)3-11(2,8)9/h3H2,1-2H3. The van der Waals surface area contributed by atoms with Crippen LogP contribution in [0.3, 0.4) is 0 Å². The fraction of sp³-hybridized carbons (Fsp3) is 0.600. The van der Waals surface area contributed by atoms with E-state index in [0.717, 1.165) is 5.01 Å². The number of hydrogen-bond acceptors (Lipinski definition) is 5. The van der Waals surface area contributed by atoms with Crippen molar-refractivity contribution in [3.8, 4) is 0 Å². The first-order valence-electron chi connectivity index (χ1n) is 2.94. The lowest BCUT2D eigenvalue weighted by molar-refractivity contribution is 0.600. The van der Waals surface area contributed by atoms with Crippen molar-refractivity contribution < 1.29 is 8.42 Å². The number of rotatable bonds is 2. The minimum absolute atomic E-state index is 0.00148. The van der Waals surface area contributed by atoms with Gasteiger partial charge in [-0.3, -0.25) is 0 Å². The highest BCUT2D eigenvalue weighted by Crippen LogP contribution is 2.10. The molecule has 0 saturated carbocycles. The Hall–Kier alpha value is -0.490. The van der Waals surface area contributed by atoms with Crippen molar-refractivity contribution in [1.29, 1.82) is 0 Å². The third kappa shape index (κ3) is 2.94. The molecule has 0 fully saturated rings. The topological polar surface area (TPSA) is 59.9 Å². The van der Waals surface area contributed by atoms with Gasteiger partial charge in [-0.1, -0.05) is 0 Å². The molecule has 1 rings (SSSR count). The molecule has 1 aromatic rings. The van der Waals surface area contributed by atoms with E-state index in [1.807, 2.05) is 0 Å². The third-order valence-corrected chi connectivity index (χ3v) is 2.77. The molecule has 62 valence electrons. The van der Waals surface area contributed by atoms with E-state index in [4.69, 9.17) is 0 Å². The smallest absolute Gasteiger partial charge is 0.154 e. The van der Waals surface area contributed by atoms with Crippen molar-refractivity contribution in [3.63, 3.8) is 0 Å². The van der Waals surface area contributed by atoms with Crippen LogP contribution < -0.4 is 0 Å². The number of aryl methyl sites for hydroxylation is 1. The lowest BCUT2D eigenvalue weighted by Gasteiger charge is -1.88. The fourth-order valence-corrected chi connectivity index (χ4v) is 2.51. The first-order chi connectivity index (χ1) is 4.97. The molecule has 0 aliphatic heterocycles. The Labute approximate surface area is 69.2 Å². The highest BCUT2D eigenvalue weighted by molar-refractivity contribution is 7.90. The molecule has 0 radical (unpaired) electrons. The molecule has 6 heteroatoms. The summed E-state index contributed by atoms with van der Waals surface area (Å²) in [6, 6.07) is 0. The molecule has 0 saturated heterocycles. The average molecular weight is 192 g/mol. The van der Waals surface area contributed by atoms with Gasteiger partial charge >= 0.3 is 0 Å². The first kappa shape index (κ1) is 8.61. The van der Waals surface area contributed by atoms with Gasteiger partial charge in [0.1, 0.15) is 15.8 Å². The Morgan fingerprint density at radius 3 is 2.45 bits per heavy atom. The molecule has 0 atom stereocenters. The van der Waals surface area contributed by atoms with Crippen LogP contribution in [0.4, 0.5) is 0 Å². The Morgan fingerprint density at radius 1 is 1.45 bits per heavy atom. The van der Waals surface area contributed by atoms with Gasteiger partial charge in [0.2, 0.25) is 0 Å². The molecule has 0 N–H and O–H groups in total. The molecule has 0 unspecified atom stereocenters. The van der Waals surface area contributed by atoms with Crippen LogP contribution in [0.1, 0.15) is 10.0 Å². The third-order valence-electron chi connectivity index (χ3n) is 0.954. The lowest BCUT2D eigenvalue weighted by Crippen LogP contribution is -1.99. The lowest BCUT2D eigenvalue weighted by atomic mass is 10.8. The fourth-order valence-electron chi connectivity index (χ4n) is 0.620. The quantitative estimate of drug-likeness (QED) is 0.680. The molecular formula is C5H8N2O2S2. The zero-order valence-electron chi connectivity index (χ0n) is 6.23. The number of nitrogens with zero attached hydrogens (tertiary/aromatic N) is 2.